The Morgan fingerprint density at radius 3 is 3.00 bits per heavy atom. The molecule has 0 saturated carbocycles. The van der Waals surface area contributed by atoms with Crippen LogP contribution in [0.2, 0.25) is 5.02 Å². The van der Waals surface area contributed by atoms with Crippen molar-refractivity contribution in [3.05, 3.63) is 35.5 Å². The SMILES string of the molecule is C[C@@H](C=O)Nc1ccnc2cc(Cl)ccc12. The number of aromatic nitrogens is 1. The lowest BCUT2D eigenvalue weighted by molar-refractivity contribution is -0.108. The normalized spacial score (nSPS) is 12.4. The third-order valence-corrected chi connectivity index (χ3v) is 2.53. The van der Waals surface area contributed by atoms with Crippen LogP contribution < -0.4 is 5.32 Å². The van der Waals surface area contributed by atoms with E-state index >= 15 is 0 Å². The van der Waals surface area contributed by atoms with Crippen LogP contribution in [0.1, 0.15) is 6.92 Å². The predicted octanol–water partition coefficient (Wildman–Crippen LogP) is 2.89. The van der Waals surface area contributed by atoms with Crippen molar-refractivity contribution in [2.75, 3.05) is 5.32 Å². The molecule has 3 nitrogen and oxygen atoms in total. The molecule has 82 valence electrons. The zero-order valence-corrected chi connectivity index (χ0v) is 9.53. The topological polar surface area (TPSA) is 42.0 Å². The van der Waals surface area contributed by atoms with Crippen molar-refractivity contribution in [1.29, 1.82) is 0 Å². The molecule has 2 aromatic rings. The van der Waals surface area contributed by atoms with Gasteiger partial charge in [-0.05, 0) is 31.2 Å². The van der Waals surface area contributed by atoms with Gasteiger partial charge >= 0.3 is 0 Å². The minimum Gasteiger partial charge on any atom is -0.375 e. The van der Waals surface area contributed by atoms with E-state index < -0.39 is 0 Å². The largest absolute Gasteiger partial charge is 0.375 e. The Balaban J connectivity index is 2.49. The number of nitrogens with zero attached hydrogens (tertiary/aromatic N) is 1. The van der Waals surface area contributed by atoms with Gasteiger partial charge in [0.2, 0.25) is 0 Å². The quantitative estimate of drug-likeness (QED) is 0.831. The molecule has 0 unspecified atom stereocenters. The molecular formula is C12H11ClN2O. The molecule has 1 aromatic heterocycles. The van der Waals surface area contributed by atoms with Crippen LogP contribution in [-0.2, 0) is 4.79 Å². The van der Waals surface area contributed by atoms with E-state index in [1.165, 1.54) is 0 Å². The molecule has 4 heteroatoms. The van der Waals surface area contributed by atoms with Crippen molar-refractivity contribution in [2.45, 2.75) is 13.0 Å². The van der Waals surface area contributed by atoms with Crippen LogP contribution in [0.5, 0.6) is 0 Å². The summed E-state index contributed by atoms with van der Waals surface area (Å²) in [5, 5.41) is 4.72. The highest BCUT2D eigenvalue weighted by atomic mass is 35.5. The summed E-state index contributed by atoms with van der Waals surface area (Å²) < 4.78 is 0. The maximum Gasteiger partial charge on any atom is 0.141 e. The fraction of sp³-hybridized carbons (Fsp3) is 0.167. The summed E-state index contributed by atoms with van der Waals surface area (Å²) in [4.78, 5) is 14.8. The number of hydrogen-bond donors (Lipinski definition) is 1. The number of pyridine rings is 1. The number of hydrogen-bond acceptors (Lipinski definition) is 3. The maximum atomic E-state index is 10.6. The van der Waals surface area contributed by atoms with E-state index in [4.69, 9.17) is 11.6 Å². The molecule has 16 heavy (non-hydrogen) atoms. The summed E-state index contributed by atoms with van der Waals surface area (Å²) in [6.45, 7) is 1.80. The summed E-state index contributed by atoms with van der Waals surface area (Å²) in [5.41, 5.74) is 1.71. The van der Waals surface area contributed by atoms with Crippen LogP contribution in [-0.4, -0.2) is 17.3 Å². The van der Waals surface area contributed by atoms with Crippen LogP contribution in [0.15, 0.2) is 30.5 Å². The highest BCUT2D eigenvalue weighted by Gasteiger charge is 2.05. The number of anilines is 1. The number of halogens is 1. The maximum absolute atomic E-state index is 10.6. The molecule has 0 saturated heterocycles. The third-order valence-electron chi connectivity index (χ3n) is 2.29. The minimum absolute atomic E-state index is 0.221. The first-order valence-electron chi connectivity index (χ1n) is 4.97. The van der Waals surface area contributed by atoms with Crippen LogP contribution in [0.4, 0.5) is 5.69 Å². The smallest absolute Gasteiger partial charge is 0.141 e. The molecular weight excluding hydrogens is 224 g/mol. The molecule has 2 rings (SSSR count). The van der Waals surface area contributed by atoms with E-state index in [1.807, 2.05) is 18.2 Å². The lowest BCUT2D eigenvalue weighted by atomic mass is 10.2. The van der Waals surface area contributed by atoms with E-state index in [9.17, 15) is 4.79 Å². The van der Waals surface area contributed by atoms with Gasteiger partial charge in [0, 0.05) is 22.3 Å². The van der Waals surface area contributed by atoms with Crippen molar-refractivity contribution in [3.63, 3.8) is 0 Å². The average molecular weight is 235 g/mol. The first kappa shape index (κ1) is 10.9. The van der Waals surface area contributed by atoms with Crippen molar-refractivity contribution < 1.29 is 4.79 Å². The highest BCUT2D eigenvalue weighted by molar-refractivity contribution is 6.31. The molecule has 0 aliphatic heterocycles. The average Bonchev–Trinajstić information content (AvgIpc) is 2.28. The summed E-state index contributed by atoms with van der Waals surface area (Å²) in [6.07, 6.45) is 2.56. The zero-order valence-electron chi connectivity index (χ0n) is 8.77. The van der Waals surface area contributed by atoms with E-state index in [1.54, 1.807) is 19.2 Å². The highest BCUT2D eigenvalue weighted by Crippen LogP contribution is 2.24. The number of carbonyl (C=O) groups is 1. The van der Waals surface area contributed by atoms with Gasteiger partial charge in [-0.2, -0.15) is 0 Å². The van der Waals surface area contributed by atoms with Crippen molar-refractivity contribution >= 4 is 34.5 Å². The lowest BCUT2D eigenvalue weighted by Gasteiger charge is -2.11. The molecule has 0 bridgehead atoms. The van der Waals surface area contributed by atoms with E-state index in [0.29, 0.717) is 5.02 Å². The Kier molecular flexibility index (Phi) is 3.06. The summed E-state index contributed by atoms with van der Waals surface area (Å²) >= 11 is 5.89. The fourth-order valence-corrected chi connectivity index (χ4v) is 1.69. The van der Waals surface area contributed by atoms with Gasteiger partial charge in [0.1, 0.15) is 6.29 Å². The standard InChI is InChI=1S/C12H11ClN2O/c1-8(7-16)15-11-4-5-14-12-6-9(13)2-3-10(11)12/h2-8H,1H3,(H,14,15)/t8-/m0/s1. The van der Waals surface area contributed by atoms with Gasteiger partial charge in [-0.3, -0.25) is 4.98 Å². The van der Waals surface area contributed by atoms with Gasteiger partial charge in [0.15, 0.2) is 0 Å². The van der Waals surface area contributed by atoms with E-state index in [2.05, 4.69) is 10.3 Å². The summed E-state index contributed by atoms with van der Waals surface area (Å²) in [7, 11) is 0. The molecule has 1 heterocycles. The van der Waals surface area contributed by atoms with Gasteiger partial charge < -0.3 is 10.1 Å². The lowest BCUT2D eigenvalue weighted by Crippen LogP contribution is -2.16. The molecule has 0 fully saturated rings. The van der Waals surface area contributed by atoms with Gasteiger partial charge in [-0.15, -0.1) is 0 Å². The number of aldehydes is 1. The molecule has 0 radical (unpaired) electrons. The van der Waals surface area contributed by atoms with Gasteiger partial charge in [-0.25, -0.2) is 0 Å². The van der Waals surface area contributed by atoms with Crippen LogP contribution in [0, 0.1) is 0 Å². The van der Waals surface area contributed by atoms with Gasteiger partial charge in [-0.1, -0.05) is 11.6 Å². The van der Waals surface area contributed by atoms with Crippen LogP contribution in [0.3, 0.4) is 0 Å². The molecule has 1 atom stereocenters. The van der Waals surface area contributed by atoms with Gasteiger partial charge in [0.25, 0.3) is 0 Å². The van der Waals surface area contributed by atoms with E-state index in [-0.39, 0.29) is 6.04 Å². The van der Waals surface area contributed by atoms with E-state index in [0.717, 1.165) is 22.9 Å². The second kappa shape index (κ2) is 4.49. The van der Waals surface area contributed by atoms with Crippen molar-refractivity contribution in [3.8, 4) is 0 Å². The summed E-state index contributed by atoms with van der Waals surface area (Å²) in [5.74, 6) is 0. The number of fused-ring (bicyclic) bond motifs is 1. The molecule has 0 aliphatic rings. The zero-order chi connectivity index (χ0) is 11.5. The third kappa shape index (κ3) is 2.14. The Morgan fingerprint density at radius 2 is 2.25 bits per heavy atom. The monoisotopic (exact) mass is 234 g/mol. The number of nitrogens with one attached hydrogen (secondary N) is 1. The number of rotatable bonds is 3. The fourth-order valence-electron chi connectivity index (χ4n) is 1.53. The first-order chi connectivity index (χ1) is 7.70. The Morgan fingerprint density at radius 1 is 1.44 bits per heavy atom. The minimum atomic E-state index is -0.221. The number of carbonyl (C=O) groups excluding carboxylic acids is 1. The van der Waals surface area contributed by atoms with Crippen molar-refractivity contribution in [1.82, 2.24) is 4.98 Å². The van der Waals surface area contributed by atoms with Gasteiger partial charge in [0.05, 0.1) is 11.6 Å². The predicted molar refractivity (Wildman–Crippen MR) is 65.9 cm³/mol. The summed E-state index contributed by atoms with van der Waals surface area (Å²) in [6, 6.07) is 7.12. The Hall–Kier alpha value is -1.61. The van der Waals surface area contributed by atoms with Crippen LogP contribution in [0.25, 0.3) is 10.9 Å². The first-order valence-corrected chi connectivity index (χ1v) is 5.34. The number of benzene rings is 1. The molecule has 1 aromatic carbocycles. The Bertz CT molecular complexity index is 527. The molecule has 1 N–H and O–H groups in total. The molecule has 0 spiro atoms. The molecule has 0 aliphatic carbocycles. The van der Waals surface area contributed by atoms with Crippen molar-refractivity contribution in [2.24, 2.45) is 0 Å². The van der Waals surface area contributed by atoms with Crippen LogP contribution >= 0.6 is 11.6 Å². The molecule has 0 amide bonds. The second-order valence-electron chi connectivity index (χ2n) is 3.59. The second-order valence-corrected chi connectivity index (χ2v) is 4.03. The Labute approximate surface area is 98.4 Å².